The normalized spacial score (nSPS) is 32.6. The summed E-state index contributed by atoms with van der Waals surface area (Å²) < 4.78 is 10.7. The molecule has 0 radical (unpaired) electrons. The number of hydrogen-bond acceptors (Lipinski definition) is 3. The molecule has 0 N–H and O–H groups in total. The minimum atomic E-state index is -0.436. The van der Waals surface area contributed by atoms with Crippen molar-refractivity contribution in [1.82, 2.24) is 4.90 Å². The number of amides is 1. The number of ether oxygens (including phenoxy) is 2. The maximum Gasteiger partial charge on any atom is 0.255 e. The van der Waals surface area contributed by atoms with E-state index >= 15 is 0 Å². The Bertz CT molecular complexity index is 450. The largest absolute Gasteiger partial charge is 0.498 e. The first kappa shape index (κ1) is 12.9. The molecule has 1 amide bonds. The molecule has 18 heavy (non-hydrogen) atoms. The molecule has 4 heteroatoms. The molecular weight excluding hydrogens is 230 g/mol. The number of methoxy groups -OCH3 is 2. The molecule has 2 aliphatic rings. The highest BCUT2D eigenvalue weighted by Gasteiger charge is 2.51. The first-order valence-corrected chi connectivity index (χ1v) is 5.98. The summed E-state index contributed by atoms with van der Waals surface area (Å²) in [6.07, 6.45) is 0.306. The van der Waals surface area contributed by atoms with E-state index in [4.69, 9.17) is 9.47 Å². The second kappa shape index (κ2) is 4.61. The molecule has 2 aliphatic heterocycles. The molecule has 1 fully saturated rings. The Morgan fingerprint density at radius 2 is 2.00 bits per heavy atom. The third-order valence-corrected chi connectivity index (χ3v) is 3.80. The van der Waals surface area contributed by atoms with Gasteiger partial charge in [0.05, 0.1) is 7.11 Å². The van der Waals surface area contributed by atoms with Gasteiger partial charge in [0.1, 0.15) is 11.8 Å². The van der Waals surface area contributed by atoms with Gasteiger partial charge in [-0.3, -0.25) is 4.79 Å². The lowest BCUT2D eigenvalue weighted by molar-refractivity contribution is -0.169. The van der Waals surface area contributed by atoms with Crippen LogP contribution in [0.3, 0.4) is 0 Å². The second-order valence-corrected chi connectivity index (χ2v) is 4.66. The summed E-state index contributed by atoms with van der Waals surface area (Å²) >= 11 is 0. The number of nitrogens with zero attached hydrogens (tertiary/aromatic N) is 1. The zero-order valence-electron chi connectivity index (χ0n) is 11.2. The summed E-state index contributed by atoms with van der Waals surface area (Å²) in [5.41, 5.74) is 2.81. The van der Waals surface area contributed by atoms with Crippen LogP contribution in [-0.4, -0.2) is 43.7 Å². The fraction of sp³-hybridized carbons (Fsp3) is 0.500. The van der Waals surface area contributed by atoms with Gasteiger partial charge < -0.3 is 14.4 Å². The van der Waals surface area contributed by atoms with Crippen molar-refractivity contribution in [3.63, 3.8) is 0 Å². The zero-order valence-corrected chi connectivity index (χ0v) is 11.2. The first-order chi connectivity index (χ1) is 8.52. The fourth-order valence-corrected chi connectivity index (χ4v) is 2.59. The maximum absolute atomic E-state index is 11.9. The Morgan fingerprint density at radius 1 is 1.33 bits per heavy atom. The number of carbonyl (C=O) groups excluding carboxylic acids is 1. The third kappa shape index (κ3) is 1.68. The predicted octanol–water partition coefficient (Wildman–Crippen LogP) is 1.65. The highest BCUT2D eigenvalue weighted by atomic mass is 16.5. The SMILES string of the molecule is C=C1CCN2C(=O)C(OC)C2/C(OC)=C(/C)C1=C. The van der Waals surface area contributed by atoms with E-state index in [9.17, 15) is 4.79 Å². The van der Waals surface area contributed by atoms with E-state index in [1.54, 1.807) is 19.1 Å². The van der Waals surface area contributed by atoms with Gasteiger partial charge >= 0.3 is 0 Å². The van der Waals surface area contributed by atoms with E-state index in [-0.39, 0.29) is 11.9 Å². The molecule has 0 saturated carbocycles. The van der Waals surface area contributed by atoms with Gasteiger partial charge in [-0.05, 0) is 30.1 Å². The average Bonchev–Trinajstić information content (AvgIpc) is 2.36. The van der Waals surface area contributed by atoms with Crippen molar-refractivity contribution in [3.8, 4) is 0 Å². The van der Waals surface area contributed by atoms with Crippen molar-refractivity contribution in [1.29, 1.82) is 0 Å². The van der Waals surface area contributed by atoms with Gasteiger partial charge in [-0.25, -0.2) is 0 Å². The van der Waals surface area contributed by atoms with Crippen molar-refractivity contribution in [2.75, 3.05) is 20.8 Å². The molecule has 0 aliphatic carbocycles. The van der Waals surface area contributed by atoms with Crippen molar-refractivity contribution < 1.29 is 14.3 Å². The Labute approximate surface area is 108 Å². The summed E-state index contributed by atoms with van der Waals surface area (Å²) in [6.45, 7) is 10.6. The van der Waals surface area contributed by atoms with Crippen LogP contribution in [0.1, 0.15) is 13.3 Å². The minimum Gasteiger partial charge on any atom is -0.498 e. The summed E-state index contributed by atoms with van der Waals surface area (Å²) in [7, 11) is 3.17. The monoisotopic (exact) mass is 249 g/mol. The van der Waals surface area contributed by atoms with Crippen LogP contribution in [0, 0.1) is 0 Å². The molecule has 0 aromatic heterocycles. The Hall–Kier alpha value is -1.55. The molecule has 0 bridgehead atoms. The van der Waals surface area contributed by atoms with Gasteiger partial charge in [-0.2, -0.15) is 0 Å². The lowest BCUT2D eigenvalue weighted by Gasteiger charge is -2.48. The minimum absolute atomic E-state index is 0.0187. The van der Waals surface area contributed by atoms with Crippen molar-refractivity contribution in [3.05, 3.63) is 35.6 Å². The molecule has 1 saturated heterocycles. The standard InChI is InChI=1S/C14H19NO3/c1-8-6-7-15-11(13(18-5)14(15)16)12(17-4)10(3)9(8)2/h11,13H,1-2,6-7H2,3-5H3/b12-10+. The molecule has 4 nitrogen and oxygen atoms in total. The summed E-state index contributed by atoms with van der Waals surface area (Å²) in [4.78, 5) is 13.7. The van der Waals surface area contributed by atoms with Gasteiger partial charge in [0, 0.05) is 13.7 Å². The zero-order chi connectivity index (χ0) is 13.4. The Morgan fingerprint density at radius 3 is 2.56 bits per heavy atom. The number of allylic oxidation sites excluding steroid dienone is 2. The van der Waals surface area contributed by atoms with E-state index in [1.165, 1.54) is 0 Å². The second-order valence-electron chi connectivity index (χ2n) is 4.66. The number of β-lactam (4-membered cyclic amide) rings is 1. The van der Waals surface area contributed by atoms with Gasteiger partial charge in [0.2, 0.25) is 0 Å². The highest BCUT2D eigenvalue weighted by molar-refractivity contribution is 5.90. The van der Waals surface area contributed by atoms with Gasteiger partial charge in [0.25, 0.3) is 5.91 Å². The molecule has 0 aromatic carbocycles. The van der Waals surface area contributed by atoms with Crippen molar-refractivity contribution in [2.24, 2.45) is 0 Å². The molecule has 2 heterocycles. The third-order valence-electron chi connectivity index (χ3n) is 3.80. The molecule has 0 spiro atoms. The van der Waals surface area contributed by atoms with Crippen LogP contribution in [0.5, 0.6) is 0 Å². The van der Waals surface area contributed by atoms with E-state index in [1.807, 2.05) is 6.92 Å². The summed E-state index contributed by atoms with van der Waals surface area (Å²) in [6, 6.07) is -0.127. The van der Waals surface area contributed by atoms with Crippen molar-refractivity contribution in [2.45, 2.75) is 25.5 Å². The maximum atomic E-state index is 11.9. The van der Waals surface area contributed by atoms with E-state index in [2.05, 4.69) is 13.2 Å². The van der Waals surface area contributed by atoms with Gasteiger partial charge in [-0.1, -0.05) is 13.2 Å². The van der Waals surface area contributed by atoms with E-state index in [0.717, 1.165) is 28.9 Å². The van der Waals surface area contributed by atoms with E-state index < -0.39 is 6.10 Å². The fourth-order valence-electron chi connectivity index (χ4n) is 2.59. The van der Waals surface area contributed by atoms with Crippen LogP contribution in [0.4, 0.5) is 0 Å². The molecule has 2 rings (SSSR count). The van der Waals surface area contributed by atoms with Crippen molar-refractivity contribution >= 4 is 5.91 Å². The van der Waals surface area contributed by atoms with Crippen LogP contribution in [0.25, 0.3) is 0 Å². The topological polar surface area (TPSA) is 38.8 Å². The van der Waals surface area contributed by atoms with Crippen LogP contribution in [0.2, 0.25) is 0 Å². The quantitative estimate of drug-likeness (QED) is 0.698. The number of carbonyl (C=O) groups is 1. The molecule has 2 atom stereocenters. The van der Waals surface area contributed by atoms with Crippen LogP contribution >= 0.6 is 0 Å². The lowest BCUT2D eigenvalue weighted by Crippen LogP contribution is -2.66. The first-order valence-electron chi connectivity index (χ1n) is 5.98. The van der Waals surface area contributed by atoms with Crippen LogP contribution in [0.15, 0.2) is 35.6 Å². The molecule has 98 valence electrons. The number of hydrogen-bond donors (Lipinski definition) is 0. The molecule has 2 unspecified atom stereocenters. The Balaban J connectivity index is 2.44. The van der Waals surface area contributed by atoms with Crippen LogP contribution in [-0.2, 0) is 14.3 Å². The lowest BCUT2D eigenvalue weighted by atomic mass is 9.86. The summed E-state index contributed by atoms with van der Waals surface area (Å²) in [5.74, 6) is 0.775. The number of fused-ring (bicyclic) bond motifs is 1. The highest BCUT2D eigenvalue weighted by Crippen LogP contribution is 2.36. The van der Waals surface area contributed by atoms with Crippen LogP contribution < -0.4 is 0 Å². The molecule has 0 aromatic rings. The van der Waals surface area contributed by atoms with Gasteiger partial charge in [-0.15, -0.1) is 0 Å². The smallest absolute Gasteiger partial charge is 0.255 e. The van der Waals surface area contributed by atoms with E-state index in [0.29, 0.717) is 6.54 Å². The molecular formula is C14H19NO3. The summed E-state index contributed by atoms with van der Waals surface area (Å²) in [5, 5.41) is 0. The Kier molecular flexibility index (Phi) is 3.30. The number of rotatable bonds is 2. The van der Waals surface area contributed by atoms with Gasteiger partial charge in [0.15, 0.2) is 6.10 Å². The predicted molar refractivity (Wildman–Crippen MR) is 68.9 cm³/mol. The average molecular weight is 249 g/mol.